The van der Waals surface area contributed by atoms with E-state index in [1.807, 2.05) is 37.3 Å². The van der Waals surface area contributed by atoms with E-state index in [1.165, 1.54) is 18.1 Å². The van der Waals surface area contributed by atoms with Gasteiger partial charge in [0.15, 0.2) is 0 Å². The average Bonchev–Trinajstić information content (AvgIpc) is 3.68. The smallest absolute Gasteiger partial charge is 0.224 e. The van der Waals surface area contributed by atoms with Crippen molar-refractivity contribution in [1.29, 1.82) is 0 Å². The van der Waals surface area contributed by atoms with Crippen LogP contribution in [0.15, 0.2) is 54.6 Å². The lowest BCUT2D eigenvalue weighted by molar-refractivity contribution is -0.120. The van der Waals surface area contributed by atoms with Crippen LogP contribution >= 0.6 is 11.6 Å². The third kappa shape index (κ3) is 7.78. The Morgan fingerprint density at radius 3 is 2.44 bits per heavy atom. The van der Waals surface area contributed by atoms with Gasteiger partial charge in [-0.05, 0) is 71.5 Å². The van der Waals surface area contributed by atoms with E-state index >= 15 is 0 Å². The number of carbonyl (C=O) groups excluding carboxylic acids is 1. The molecule has 0 aliphatic heterocycles. The van der Waals surface area contributed by atoms with Crippen LogP contribution in [-0.2, 0) is 28.6 Å². The van der Waals surface area contributed by atoms with E-state index < -0.39 is 12.1 Å². The first kappa shape index (κ1) is 29.0. The van der Waals surface area contributed by atoms with Crippen molar-refractivity contribution in [2.75, 3.05) is 11.9 Å². The Morgan fingerprint density at radius 1 is 1.10 bits per heavy atom. The van der Waals surface area contributed by atoms with Crippen molar-refractivity contribution in [3.8, 4) is 0 Å². The molecule has 7 nitrogen and oxygen atoms in total. The molecule has 0 unspecified atom stereocenters. The van der Waals surface area contributed by atoms with Crippen molar-refractivity contribution in [3.05, 3.63) is 82.3 Å². The van der Waals surface area contributed by atoms with Crippen molar-refractivity contribution in [2.24, 2.45) is 0 Å². The number of aliphatic hydroxyl groups is 1. The number of aliphatic hydroxyl groups excluding tert-OH is 1. The predicted molar refractivity (Wildman–Crippen MR) is 158 cm³/mol. The molecule has 2 aromatic carbocycles. The van der Waals surface area contributed by atoms with Gasteiger partial charge in [0, 0.05) is 36.5 Å². The average molecular weight is 550 g/mol. The van der Waals surface area contributed by atoms with E-state index in [-0.39, 0.29) is 22.1 Å². The quantitative estimate of drug-likeness (QED) is 0.238. The minimum Gasteiger partial charge on any atom is -0.390 e. The third-order valence-electron chi connectivity index (χ3n) is 7.33. The number of rotatable bonds is 11. The largest absolute Gasteiger partial charge is 0.390 e. The van der Waals surface area contributed by atoms with Crippen LogP contribution in [0, 0.1) is 0 Å². The van der Waals surface area contributed by atoms with E-state index in [0.717, 1.165) is 36.2 Å². The summed E-state index contributed by atoms with van der Waals surface area (Å²) in [6.45, 7) is 10.5. The Bertz CT molecular complexity index is 1280. The van der Waals surface area contributed by atoms with Crippen LogP contribution in [0.3, 0.4) is 0 Å². The van der Waals surface area contributed by atoms with Gasteiger partial charge in [0.2, 0.25) is 11.2 Å². The highest BCUT2D eigenvalue weighted by Gasteiger charge is 2.44. The number of carbonyl (C=O) groups is 1. The molecule has 39 heavy (non-hydrogen) atoms. The maximum Gasteiger partial charge on any atom is 0.224 e. The Morgan fingerprint density at radius 2 is 1.82 bits per heavy atom. The van der Waals surface area contributed by atoms with E-state index in [1.54, 1.807) is 0 Å². The summed E-state index contributed by atoms with van der Waals surface area (Å²) in [7, 11) is 0. The Kier molecular flexibility index (Phi) is 8.94. The van der Waals surface area contributed by atoms with E-state index in [0.29, 0.717) is 18.8 Å². The summed E-state index contributed by atoms with van der Waals surface area (Å²) in [4.78, 5) is 20.4. The molecule has 4 rings (SSSR count). The van der Waals surface area contributed by atoms with Crippen molar-refractivity contribution in [1.82, 2.24) is 20.6 Å². The van der Waals surface area contributed by atoms with Crippen LogP contribution in [0.5, 0.6) is 0 Å². The lowest BCUT2D eigenvalue weighted by atomic mass is 9.85. The second kappa shape index (κ2) is 12.0. The molecule has 1 amide bonds. The van der Waals surface area contributed by atoms with Gasteiger partial charge in [-0.2, -0.15) is 0 Å². The molecule has 0 bridgehead atoms. The number of aromatic nitrogens is 2. The number of hydrogen-bond acceptors (Lipinski definition) is 6. The molecule has 1 aromatic heterocycles. The molecule has 2 atom stereocenters. The molecule has 4 N–H and O–H groups in total. The molecule has 8 heteroatoms. The molecule has 3 aromatic rings. The molecule has 0 radical (unpaired) electrons. The van der Waals surface area contributed by atoms with Crippen molar-refractivity contribution >= 4 is 29.0 Å². The molecule has 1 aliphatic rings. The zero-order valence-corrected chi connectivity index (χ0v) is 24.3. The predicted octanol–water partition coefficient (Wildman–Crippen LogP) is 5.42. The fraction of sp³-hybridized carbons (Fsp3) is 0.452. The molecule has 208 valence electrons. The van der Waals surface area contributed by atoms with E-state index in [2.05, 4.69) is 71.0 Å². The Labute approximate surface area is 236 Å². The second-order valence-corrected chi connectivity index (χ2v) is 11.9. The zero-order chi connectivity index (χ0) is 28.2. The molecule has 1 heterocycles. The number of anilines is 2. The molecule has 0 saturated heterocycles. The minimum absolute atomic E-state index is 0.0769. The molecular formula is C31H40ClN5O2. The number of amides is 1. The first-order valence-electron chi connectivity index (χ1n) is 13.7. The Balaban J connectivity index is 1.40. The highest BCUT2D eigenvalue weighted by Crippen LogP contribution is 2.46. The first-order chi connectivity index (χ1) is 18.5. The number of nitrogens with one attached hydrogen (secondary N) is 3. The lowest BCUT2D eigenvalue weighted by Gasteiger charge is -2.28. The van der Waals surface area contributed by atoms with Gasteiger partial charge in [-0.25, -0.2) is 9.97 Å². The summed E-state index contributed by atoms with van der Waals surface area (Å²) in [5.41, 5.74) is 5.26. The molecule has 0 spiro atoms. The number of halogens is 1. The van der Waals surface area contributed by atoms with E-state index in [9.17, 15) is 9.90 Å². The summed E-state index contributed by atoms with van der Waals surface area (Å²) in [5.74, 6) is 0.475. The van der Waals surface area contributed by atoms with Crippen molar-refractivity contribution < 1.29 is 9.90 Å². The standard InChI is InChI=1S/C31H40ClN5O2/c1-6-24-18-28(37-29(32)36-24)35-25-12-10-21(11-13-25)16-26(34-20(2)38)27(39)19-33-31(14-15-31)23-9-7-8-22(17-23)30(3,4)5/h7-13,17-18,26-27,33,39H,6,14-16,19H2,1-5H3,(H,34,38)(H,35,36,37)/t26-,27-/m0/s1. The highest BCUT2D eigenvalue weighted by molar-refractivity contribution is 6.28. The summed E-state index contributed by atoms with van der Waals surface area (Å²) >= 11 is 6.04. The van der Waals surface area contributed by atoms with Gasteiger partial charge in [-0.1, -0.05) is 64.1 Å². The molecule has 1 fully saturated rings. The van der Waals surface area contributed by atoms with Gasteiger partial charge in [0.1, 0.15) is 5.82 Å². The highest BCUT2D eigenvalue weighted by atomic mass is 35.5. The van der Waals surface area contributed by atoms with Gasteiger partial charge in [-0.3, -0.25) is 4.79 Å². The second-order valence-electron chi connectivity index (χ2n) is 11.6. The van der Waals surface area contributed by atoms with Crippen molar-refractivity contribution in [2.45, 2.75) is 83.4 Å². The number of nitrogens with zero attached hydrogens (tertiary/aromatic N) is 2. The monoisotopic (exact) mass is 549 g/mol. The summed E-state index contributed by atoms with van der Waals surface area (Å²) in [6.07, 6.45) is 2.59. The normalized spacial score (nSPS) is 15.9. The molecule has 1 saturated carbocycles. The lowest BCUT2D eigenvalue weighted by Crippen LogP contribution is -2.49. The molecule has 1 aliphatic carbocycles. The number of aryl methyl sites for hydroxylation is 1. The van der Waals surface area contributed by atoms with Gasteiger partial charge >= 0.3 is 0 Å². The van der Waals surface area contributed by atoms with Crippen LogP contribution in [0.2, 0.25) is 5.28 Å². The van der Waals surface area contributed by atoms with Gasteiger partial charge < -0.3 is 21.1 Å². The Hall–Kier alpha value is -3.00. The number of benzene rings is 2. The first-order valence-corrected chi connectivity index (χ1v) is 14.1. The van der Waals surface area contributed by atoms with Crippen molar-refractivity contribution in [3.63, 3.8) is 0 Å². The maximum atomic E-state index is 12.0. The summed E-state index contributed by atoms with van der Waals surface area (Å²) in [6, 6.07) is 18.1. The van der Waals surface area contributed by atoms with Crippen LogP contribution < -0.4 is 16.0 Å². The topological polar surface area (TPSA) is 99.2 Å². The van der Waals surface area contributed by atoms with E-state index in [4.69, 9.17) is 11.6 Å². The maximum absolute atomic E-state index is 12.0. The fourth-order valence-corrected chi connectivity index (χ4v) is 5.00. The summed E-state index contributed by atoms with van der Waals surface area (Å²) in [5, 5.41) is 21.2. The van der Waals surface area contributed by atoms with Gasteiger partial charge in [-0.15, -0.1) is 0 Å². The third-order valence-corrected chi connectivity index (χ3v) is 7.50. The number of hydrogen-bond donors (Lipinski definition) is 4. The van der Waals surface area contributed by atoms with Gasteiger partial charge in [0.05, 0.1) is 12.1 Å². The zero-order valence-electron chi connectivity index (χ0n) is 23.5. The fourth-order valence-electron chi connectivity index (χ4n) is 4.80. The van der Waals surface area contributed by atoms with Crippen LogP contribution in [-0.4, -0.2) is 39.7 Å². The SMILES string of the molecule is CCc1cc(Nc2ccc(C[C@H](NC(C)=O)[C@@H](O)CNC3(c4cccc(C(C)(C)C)c4)CC3)cc2)nc(Cl)n1. The van der Waals surface area contributed by atoms with Crippen LogP contribution in [0.25, 0.3) is 0 Å². The van der Waals surface area contributed by atoms with Crippen LogP contribution in [0.1, 0.15) is 69.8 Å². The summed E-state index contributed by atoms with van der Waals surface area (Å²) < 4.78 is 0. The minimum atomic E-state index is -0.745. The van der Waals surface area contributed by atoms with Gasteiger partial charge in [0.25, 0.3) is 0 Å². The van der Waals surface area contributed by atoms with Crippen LogP contribution in [0.4, 0.5) is 11.5 Å². The molecular weight excluding hydrogens is 510 g/mol.